The second-order valence-electron chi connectivity index (χ2n) is 6.35. The minimum atomic E-state index is -0.0801. The maximum Gasteiger partial charge on any atom is 0.150 e. The van der Waals surface area contributed by atoms with Crippen LogP contribution in [-0.2, 0) is 0 Å². The summed E-state index contributed by atoms with van der Waals surface area (Å²) in [5.41, 5.74) is 3.35. The minimum absolute atomic E-state index is 0.0801. The number of nitrogens with zero attached hydrogens (tertiary/aromatic N) is 2. The Morgan fingerprint density at radius 1 is 1.09 bits per heavy atom. The zero-order valence-electron chi connectivity index (χ0n) is 13.0. The Labute approximate surface area is 129 Å². The highest BCUT2D eigenvalue weighted by Crippen LogP contribution is 2.30. The largest absolute Gasteiger partial charge is 0.365 e. The van der Waals surface area contributed by atoms with E-state index in [1.54, 1.807) is 0 Å². The Morgan fingerprint density at radius 2 is 1.82 bits per heavy atom. The smallest absolute Gasteiger partial charge is 0.150 e. The van der Waals surface area contributed by atoms with Crippen LogP contribution in [0.15, 0.2) is 48.7 Å². The fraction of sp³-hybridized carbons (Fsp3) is 0.222. The first kappa shape index (κ1) is 14.3. The predicted octanol–water partition coefficient (Wildman–Crippen LogP) is 4.02. The number of benzene rings is 1. The number of aldehydes is 1. The number of rotatable bonds is 3. The number of anilines is 1. The summed E-state index contributed by atoms with van der Waals surface area (Å²) < 4.78 is 2.05. The molecule has 2 aromatic heterocycles. The number of hydrogen-bond acceptors (Lipinski definition) is 3. The molecule has 0 saturated heterocycles. The van der Waals surface area contributed by atoms with Gasteiger partial charge in [-0.15, -0.1) is 0 Å². The van der Waals surface area contributed by atoms with Crippen molar-refractivity contribution >= 4 is 17.8 Å². The Balaban J connectivity index is 2.18. The van der Waals surface area contributed by atoms with Gasteiger partial charge in [0.1, 0.15) is 23.4 Å². The van der Waals surface area contributed by atoms with Crippen LogP contribution < -0.4 is 5.32 Å². The van der Waals surface area contributed by atoms with E-state index in [-0.39, 0.29) is 5.54 Å². The molecule has 1 N–H and O–H groups in total. The molecule has 1 aromatic carbocycles. The van der Waals surface area contributed by atoms with E-state index in [1.165, 1.54) is 0 Å². The van der Waals surface area contributed by atoms with Gasteiger partial charge in [0.15, 0.2) is 0 Å². The molecule has 0 aliphatic heterocycles. The van der Waals surface area contributed by atoms with Gasteiger partial charge in [-0.25, -0.2) is 4.98 Å². The number of carbonyl (C=O) groups is 1. The molecule has 0 aliphatic carbocycles. The van der Waals surface area contributed by atoms with Crippen molar-refractivity contribution in [2.24, 2.45) is 0 Å². The van der Waals surface area contributed by atoms with Crippen molar-refractivity contribution in [3.8, 4) is 11.3 Å². The molecule has 0 aliphatic rings. The molecule has 3 aromatic rings. The molecule has 0 spiro atoms. The summed E-state index contributed by atoms with van der Waals surface area (Å²) in [5, 5.41) is 3.53. The van der Waals surface area contributed by atoms with Gasteiger partial charge in [0, 0.05) is 22.9 Å². The van der Waals surface area contributed by atoms with Crippen molar-refractivity contribution in [2.75, 3.05) is 5.32 Å². The first-order valence-corrected chi connectivity index (χ1v) is 7.29. The fourth-order valence-electron chi connectivity index (χ4n) is 2.39. The monoisotopic (exact) mass is 293 g/mol. The lowest BCUT2D eigenvalue weighted by Crippen LogP contribution is -2.27. The summed E-state index contributed by atoms with van der Waals surface area (Å²) in [5.74, 6) is 0.960. The maximum absolute atomic E-state index is 10.8. The van der Waals surface area contributed by atoms with Crippen LogP contribution in [0.4, 0.5) is 5.82 Å². The van der Waals surface area contributed by atoms with E-state index in [9.17, 15) is 4.79 Å². The summed E-state index contributed by atoms with van der Waals surface area (Å²) >= 11 is 0. The molecular formula is C18H19N3O. The highest BCUT2D eigenvalue weighted by atomic mass is 16.1. The van der Waals surface area contributed by atoms with E-state index in [2.05, 4.69) is 26.1 Å². The molecule has 22 heavy (non-hydrogen) atoms. The van der Waals surface area contributed by atoms with Gasteiger partial charge in [-0.05, 0) is 32.9 Å². The number of aromatic nitrogens is 2. The van der Waals surface area contributed by atoms with Crippen LogP contribution in [0.25, 0.3) is 16.9 Å². The summed E-state index contributed by atoms with van der Waals surface area (Å²) in [6.07, 6.45) is 2.85. The summed E-state index contributed by atoms with van der Waals surface area (Å²) in [6.45, 7) is 6.36. The van der Waals surface area contributed by atoms with Crippen molar-refractivity contribution in [3.63, 3.8) is 0 Å². The lowest BCUT2D eigenvalue weighted by Gasteiger charge is -2.22. The van der Waals surface area contributed by atoms with E-state index in [4.69, 9.17) is 4.98 Å². The van der Waals surface area contributed by atoms with Gasteiger partial charge in [0.2, 0.25) is 0 Å². The lowest BCUT2D eigenvalue weighted by molar-refractivity contribution is 0.112. The normalized spacial score (nSPS) is 11.6. The maximum atomic E-state index is 10.8. The van der Waals surface area contributed by atoms with Crippen LogP contribution in [0.1, 0.15) is 31.1 Å². The Hall–Kier alpha value is -2.62. The zero-order valence-corrected chi connectivity index (χ0v) is 13.0. The highest BCUT2D eigenvalue weighted by molar-refractivity contribution is 5.80. The molecule has 3 rings (SSSR count). The van der Waals surface area contributed by atoms with Crippen LogP contribution in [0.3, 0.4) is 0 Å². The summed E-state index contributed by atoms with van der Waals surface area (Å²) in [7, 11) is 0. The molecule has 0 amide bonds. The van der Waals surface area contributed by atoms with E-state index in [0.29, 0.717) is 5.56 Å². The van der Waals surface area contributed by atoms with Gasteiger partial charge in [-0.3, -0.25) is 9.20 Å². The lowest BCUT2D eigenvalue weighted by atomic mass is 10.1. The first-order valence-electron chi connectivity index (χ1n) is 7.29. The topological polar surface area (TPSA) is 46.4 Å². The molecule has 0 bridgehead atoms. The van der Waals surface area contributed by atoms with E-state index >= 15 is 0 Å². The molecule has 0 atom stereocenters. The van der Waals surface area contributed by atoms with E-state index in [0.717, 1.165) is 29.0 Å². The Bertz CT molecular complexity index is 810. The van der Waals surface area contributed by atoms with Crippen LogP contribution in [-0.4, -0.2) is 21.2 Å². The average Bonchev–Trinajstić information content (AvgIpc) is 2.84. The van der Waals surface area contributed by atoms with Gasteiger partial charge in [-0.2, -0.15) is 0 Å². The van der Waals surface area contributed by atoms with Crippen molar-refractivity contribution in [1.82, 2.24) is 9.38 Å². The van der Waals surface area contributed by atoms with E-state index < -0.39 is 0 Å². The van der Waals surface area contributed by atoms with Crippen molar-refractivity contribution in [3.05, 3.63) is 54.2 Å². The summed E-state index contributed by atoms with van der Waals surface area (Å²) in [4.78, 5) is 15.6. The number of nitrogens with one attached hydrogen (secondary N) is 1. The standard InChI is InChI=1S/C18H19N3O/c1-18(2,3)20-17-16(14-9-7-13(12-22)8-10-14)19-15-6-4-5-11-21(15)17/h4-12,20H,1-3H3. The van der Waals surface area contributed by atoms with Crippen LogP contribution in [0, 0.1) is 0 Å². The van der Waals surface area contributed by atoms with Crippen molar-refractivity contribution < 1.29 is 4.79 Å². The molecule has 0 radical (unpaired) electrons. The second kappa shape index (κ2) is 5.30. The average molecular weight is 293 g/mol. The number of imidazole rings is 1. The number of fused-ring (bicyclic) bond motifs is 1. The molecular weight excluding hydrogens is 274 g/mol. The van der Waals surface area contributed by atoms with Gasteiger partial charge < -0.3 is 5.32 Å². The Kier molecular flexibility index (Phi) is 3.45. The molecule has 0 saturated carbocycles. The van der Waals surface area contributed by atoms with Crippen LogP contribution in [0.5, 0.6) is 0 Å². The third-order valence-corrected chi connectivity index (χ3v) is 3.34. The predicted molar refractivity (Wildman–Crippen MR) is 89.4 cm³/mol. The third-order valence-electron chi connectivity index (χ3n) is 3.34. The van der Waals surface area contributed by atoms with Crippen LogP contribution in [0.2, 0.25) is 0 Å². The first-order chi connectivity index (χ1) is 10.5. The quantitative estimate of drug-likeness (QED) is 0.742. The van der Waals surface area contributed by atoms with Crippen molar-refractivity contribution in [2.45, 2.75) is 26.3 Å². The fourth-order valence-corrected chi connectivity index (χ4v) is 2.39. The molecule has 2 heterocycles. The van der Waals surface area contributed by atoms with Crippen LogP contribution >= 0.6 is 0 Å². The molecule has 112 valence electrons. The van der Waals surface area contributed by atoms with E-state index in [1.807, 2.05) is 53.1 Å². The third kappa shape index (κ3) is 2.72. The second-order valence-corrected chi connectivity index (χ2v) is 6.35. The number of hydrogen-bond donors (Lipinski definition) is 1. The zero-order chi connectivity index (χ0) is 15.7. The molecule has 4 heteroatoms. The van der Waals surface area contributed by atoms with Gasteiger partial charge in [-0.1, -0.05) is 30.3 Å². The summed E-state index contributed by atoms with van der Waals surface area (Å²) in [6, 6.07) is 13.4. The Morgan fingerprint density at radius 3 is 2.45 bits per heavy atom. The van der Waals surface area contributed by atoms with Gasteiger partial charge in [0.25, 0.3) is 0 Å². The van der Waals surface area contributed by atoms with Gasteiger partial charge >= 0.3 is 0 Å². The molecule has 4 nitrogen and oxygen atoms in total. The van der Waals surface area contributed by atoms with Crippen molar-refractivity contribution in [1.29, 1.82) is 0 Å². The van der Waals surface area contributed by atoms with Gasteiger partial charge in [0.05, 0.1) is 0 Å². The minimum Gasteiger partial charge on any atom is -0.365 e. The SMILES string of the molecule is CC(C)(C)Nc1c(-c2ccc(C=O)cc2)nc2ccccn12. The molecule has 0 unspecified atom stereocenters. The highest BCUT2D eigenvalue weighted by Gasteiger charge is 2.18. The number of carbonyl (C=O) groups excluding carboxylic acids is 1. The molecule has 0 fully saturated rings. The number of pyridine rings is 1.